The Morgan fingerprint density at radius 3 is 2.33 bits per heavy atom. The number of carbonyl (C=O) groups excluding carboxylic acids is 1. The van der Waals surface area contributed by atoms with E-state index >= 15 is 0 Å². The molecule has 2 aliphatic rings. The van der Waals surface area contributed by atoms with E-state index in [-0.39, 0.29) is 6.04 Å². The van der Waals surface area contributed by atoms with Crippen molar-refractivity contribution in [1.29, 1.82) is 0 Å². The highest BCUT2D eigenvalue weighted by Gasteiger charge is 2.37. The molecule has 0 aliphatic carbocycles. The summed E-state index contributed by atoms with van der Waals surface area (Å²) in [6.45, 7) is 10.2. The first-order chi connectivity index (χ1) is 11.6. The van der Waals surface area contributed by atoms with Gasteiger partial charge in [-0.15, -0.1) is 0 Å². The second-order valence-corrected chi connectivity index (χ2v) is 7.29. The maximum atomic E-state index is 13.0. The lowest BCUT2D eigenvalue weighted by Crippen LogP contribution is -3.19. The van der Waals surface area contributed by atoms with E-state index in [2.05, 4.69) is 40.5 Å². The van der Waals surface area contributed by atoms with Gasteiger partial charge < -0.3 is 14.7 Å². The van der Waals surface area contributed by atoms with Crippen molar-refractivity contribution < 1.29 is 9.69 Å². The number of amides is 1. The van der Waals surface area contributed by atoms with Gasteiger partial charge in [-0.05, 0) is 46.1 Å². The third kappa shape index (κ3) is 3.53. The zero-order valence-electron chi connectivity index (χ0n) is 15.1. The van der Waals surface area contributed by atoms with Crippen LogP contribution in [0.1, 0.15) is 40.0 Å². The summed E-state index contributed by atoms with van der Waals surface area (Å²) in [5.74, 6) is 1.13. The molecule has 6 heteroatoms. The highest BCUT2D eigenvalue weighted by Crippen LogP contribution is 2.22. The van der Waals surface area contributed by atoms with Gasteiger partial charge in [-0.2, -0.15) is 0 Å². The lowest BCUT2D eigenvalue weighted by molar-refractivity contribution is -0.915. The van der Waals surface area contributed by atoms with Crippen LogP contribution in [0.25, 0.3) is 0 Å². The van der Waals surface area contributed by atoms with Crippen molar-refractivity contribution in [2.24, 2.45) is 0 Å². The van der Waals surface area contributed by atoms with Crippen molar-refractivity contribution in [3.8, 4) is 0 Å². The van der Waals surface area contributed by atoms with Crippen LogP contribution in [0.3, 0.4) is 0 Å². The highest BCUT2D eigenvalue weighted by molar-refractivity contribution is 5.80. The van der Waals surface area contributed by atoms with Gasteiger partial charge in [0, 0.05) is 24.5 Å². The molecule has 0 spiro atoms. The molecule has 2 saturated heterocycles. The summed E-state index contributed by atoms with van der Waals surface area (Å²) in [5.41, 5.74) is 0. The van der Waals surface area contributed by atoms with Gasteiger partial charge in [-0.25, -0.2) is 9.97 Å². The smallest absolute Gasteiger partial charge is 0.281 e. The van der Waals surface area contributed by atoms with Gasteiger partial charge in [0.1, 0.15) is 0 Å². The Bertz CT molecular complexity index is 534. The van der Waals surface area contributed by atoms with Gasteiger partial charge in [-0.3, -0.25) is 4.79 Å². The van der Waals surface area contributed by atoms with E-state index in [1.807, 2.05) is 6.07 Å². The molecule has 0 bridgehead atoms. The minimum atomic E-state index is 0.0341. The molecule has 3 atom stereocenters. The molecule has 1 amide bonds. The topological polar surface area (TPSA) is 53.8 Å². The van der Waals surface area contributed by atoms with E-state index in [0.717, 1.165) is 45.0 Å². The standard InChI is InChI=1S/C18H29N5O/c1-14-6-4-7-15(2)23(14)17(24)16(3)21-10-12-22(13-11-21)18-19-8-5-9-20-18/h5,8-9,14-16H,4,6-7,10-13H2,1-3H3/p+1/t14-,15-,16-/m1/s1. The van der Waals surface area contributed by atoms with Crippen molar-refractivity contribution in [1.82, 2.24) is 14.9 Å². The average molecular weight is 332 g/mol. The Kier molecular flexibility index (Phi) is 5.33. The van der Waals surface area contributed by atoms with Gasteiger partial charge in [0.25, 0.3) is 5.91 Å². The van der Waals surface area contributed by atoms with E-state index in [4.69, 9.17) is 0 Å². The van der Waals surface area contributed by atoms with Crippen LogP contribution in [0, 0.1) is 0 Å². The zero-order valence-corrected chi connectivity index (χ0v) is 15.1. The van der Waals surface area contributed by atoms with Crippen LogP contribution in [0.4, 0.5) is 5.95 Å². The molecule has 2 aliphatic heterocycles. The summed E-state index contributed by atoms with van der Waals surface area (Å²) in [7, 11) is 0. The van der Waals surface area contributed by atoms with Crippen molar-refractivity contribution in [2.75, 3.05) is 31.1 Å². The summed E-state index contributed by atoms with van der Waals surface area (Å²) in [6.07, 6.45) is 7.08. The van der Waals surface area contributed by atoms with Gasteiger partial charge >= 0.3 is 0 Å². The average Bonchev–Trinajstić information content (AvgIpc) is 2.62. The fraction of sp³-hybridized carbons (Fsp3) is 0.722. The molecular formula is C18H30N5O+. The van der Waals surface area contributed by atoms with Crippen LogP contribution in [-0.2, 0) is 4.79 Å². The number of carbonyl (C=O) groups is 1. The lowest BCUT2D eigenvalue weighted by Gasteiger charge is -2.42. The monoisotopic (exact) mass is 332 g/mol. The first kappa shape index (κ1) is 17.1. The molecule has 2 fully saturated rings. The number of piperazine rings is 1. The van der Waals surface area contributed by atoms with Gasteiger partial charge in [-0.1, -0.05) is 0 Å². The number of likely N-dealkylation sites (tertiary alicyclic amines) is 1. The Balaban J connectivity index is 1.58. The number of nitrogens with one attached hydrogen (secondary N) is 1. The Labute approximate surface area is 144 Å². The minimum absolute atomic E-state index is 0.0341. The number of piperidine rings is 1. The van der Waals surface area contributed by atoms with Crippen molar-refractivity contribution in [3.05, 3.63) is 18.5 Å². The molecule has 0 saturated carbocycles. The Morgan fingerprint density at radius 2 is 1.75 bits per heavy atom. The van der Waals surface area contributed by atoms with Crippen molar-refractivity contribution in [3.63, 3.8) is 0 Å². The SMILES string of the molecule is C[C@@H]1CCC[C@@H](C)N1C(=O)[C@@H](C)[NH+]1CCN(c2ncccn2)CC1. The van der Waals surface area contributed by atoms with E-state index in [1.54, 1.807) is 12.4 Å². The Hall–Kier alpha value is -1.69. The number of aromatic nitrogens is 2. The van der Waals surface area contributed by atoms with E-state index in [9.17, 15) is 4.79 Å². The number of nitrogens with zero attached hydrogens (tertiary/aromatic N) is 4. The normalized spacial score (nSPS) is 27.1. The first-order valence-electron chi connectivity index (χ1n) is 9.26. The molecule has 3 rings (SSSR count). The molecule has 1 aromatic rings. The predicted molar refractivity (Wildman–Crippen MR) is 94.0 cm³/mol. The number of anilines is 1. The predicted octanol–water partition coefficient (Wildman–Crippen LogP) is 0.360. The van der Waals surface area contributed by atoms with Crippen molar-refractivity contribution >= 4 is 11.9 Å². The molecule has 1 aromatic heterocycles. The van der Waals surface area contributed by atoms with Crippen LogP contribution < -0.4 is 9.80 Å². The zero-order chi connectivity index (χ0) is 17.1. The van der Waals surface area contributed by atoms with Crippen LogP contribution in [0.15, 0.2) is 18.5 Å². The fourth-order valence-electron chi connectivity index (χ4n) is 4.14. The second kappa shape index (κ2) is 7.47. The van der Waals surface area contributed by atoms with Crippen molar-refractivity contribution in [2.45, 2.75) is 58.2 Å². The molecule has 0 unspecified atom stereocenters. The van der Waals surface area contributed by atoms with Gasteiger partial charge in [0.05, 0.1) is 26.2 Å². The number of rotatable bonds is 3. The summed E-state index contributed by atoms with van der Waals surface area (Å²) < 4.78 is 0. The van der Waals surface area contributed by atoms with Gasteiger partial charge in [0.15, 0.2) is 6.04 Å². The lowest BCUT2D eigenvalue weighted by atomic mass is 9.96. The maximum Gasteiger partial charge on any atom is 0.281 e. The van der Waals surface area contributed by atoms with Crippen LogP contribution in [0.5, 0.6) is 0 Å². The van der Waals surface area contributed by atoms with Crippen LogP contribution in [-0.4, -0.2) is 65.1 Å². The molecule has 6 nitrogen and oxygen atoms in total. The van der Waals surface area contributed by atoms with E-state index in [0.29, 0.717) is 18.0 Å². The summed E-state index contributed by atoms with van der Waals surface area (Å²) in [6, 6.07) is 2.63. The van der Waals surface area contributed by atoms with E-state index < -0.39 is 0 Å². The maximum absolute atomic E-state index is 13.0. The minimum Gasteiger partial charge on any atom is -0.332 e. The molecule has 132 valence electrons. The summed E-state index contributed by atoms with van der Waals surface area (Å²) >= 11 is 0. The third-order valence-corrected chi connectivity index (χ3v) is 5.67. The van der Waals surface area contributed by atoms with Gasteiger partial charge in [0.2, 0.25) is 5.95 Å². The molecule has 3 heterocycles. The molecule has 0 aromatic carbocycles. The largest absolute Gasteiger partial charge is 0.332 e. The quantitative estimate of drug-likeness (QED) is 0.868. The van der Waals surface area contributed by atoms with Crippen LogP contribution in [0.2, 0.25) is 0 Å². The molecule has 24 heavy (non-hydrogen) atoms. The summed E-state index contributed by atoms with van der Waals surface area (Å²) in [4.78, 5) is 27.4. The number of hydrogen-bond acceptors (Lipinski definition) is 4. The molecule has 1 N–H and O–H groups in total. The third-order valence-electron chi connectivity index (χ3n) is 5.67. The highest BCUT2D eigenvalue weighted by atomic mass is 16.2. The van der Waals surface area contributed by atoms with Crippen LogP contribution >= 0.6 is 0 Å². The number of quaternary nitrogens is 1. The van der Waals surface area contributed by atoms with E-state index in [1.165, 1.54) is 11.3 Å². The molecular weight excluding hydrogens is 302 g/mol. The first-order valence-corrected chi connectivity index (χ1v) is 9.26. The summed E-state index contributed by atoms with van der Waals surface area (Å²) in [5, 5.41) is 0. The molecule has 0 radical (unpaired) electrons. The Morgan fingerprint density at radius 1 is 1.17 bits per heavy atom. The number of hydrogen-bond donors (Lipinski definition) is 1. The fourth-order valence-corrected chi connectivity index (χ4v) is 4.14. The second-order valence-electron chi connectivity index (χ2n) is 7.29.